The fraction of sp³-hybridized carbons (Fsp3) is 0.286. The molecule has 2 heterocycles. The Kier molecular flexibility index (Phi) is 7.21. The summed E-state index contributed by atoms with van der Waals surface area (Å²) in [6.07, 6.45) is 13.0. The minimum absolute atomic E-state index is 0. The number of hydrogen-bond acceptors (Lipinski definition) is 4. The maximum Gasteiger partial charge on any atom is 0.173 e. The van der Waals surface area contributed by atoms with Crippen LogP contribution in [0.3, 0.4) is 0 Å². The van der Waals surface area contributed by atoms with Crippen molar-refractivity contribution in [3.63, 3.8) is 0 Å². The smallest absolute Gasteiger partial charge is 0.173 e. The molecule has 0 saturated heterocycles. The van der Waals surface area contributed by atoms with Crippen molar-refractivity contribution in [3.8, 4) is 0 Å². The van der Waals surface area contributed by atoms with Gasteiger partial charge in [0.2, 0.25) is 0 Å². The molecule has 2 aromatic heterocycles. The summed E-state index contributed by atoms with van der Waals surface area (Å²) in [5.41, 5.74) is 2.43. The van der Waals surface area contributed by atoms with Gasteiger partial charge in [-0.25, -0.2) is 15.0 Å². The van der Waals surface area contributed by atoms with E-state index in [1.165, 1.54) is 11.8 Å². The molecule has 0 unspecified atom stereocenters. The van der Waals surface area contributed by atoms with E-state index in [0.29, 0.717) is 5.82 Å². The standard InChI is InChI=1S/C14H16N4O.ClH/c19-18-11-14-16-9-13(10-17-14)5-2-1-4-12-6-3-7-15-8-12;/h3,6-11,19H,1-2,4-5H2;1H/b18-11+;. The lowest BCUT2D eigenvalue weighted by molar-refractivity contribution is -0.378. The molecule has 20 heavy (non-hydrogen) atoms. The molecule has 0 amide bonds. The first-order valence-corrected chi connectivity index (χ1v) is 6.32. The summed E-state index contributed by atoms with van der Waals surface area (Å²) in [4.78, 5) is 11.2. The summed E-state index contributed by atoms with van der Waals surface area (Å²) in [7, 11) is 0. The summed E-state index contributed by atoms with van der Waals surface area (Å²) in [5.74, 6) is 0.422. The average Bonchev–Trinajstić information content (AvgIpc) is 2.47. The highest BCUT2D eigenvalue weighted by Crippen LogP contribution is 2.06. The first kappa shape index (κ1) is 16.0. The van der Waals surface area contributed by atoms with Crippen LogP contribution in [-0.4, -0.2) is 21.4 Å². The van der Waals surface area contributed by atoms with Crippen molar-refractivity contribution in [2.24, 2.45) is 5.16 Å². The molecule has 2 N–H and O–H groups in total. The number of aryl methyl sites for hydroxylation is 2. The summed E-state index contributed by atoms with van der Waals surface area (Å²) >= 11 is 0. The van der Waals surface area contributed by atoms with E-state index in [1.807, 2.05) is 18.5 Å². The van der Waals surface area contributed by atoms with Crippen molar-refractivity contribution >= 4 is 6.21 Å². The number of nitrogens with zero attached hydrogens (tertiary/aromatic N) is 3. The number of rotatable bonds is 6. The monoisotopic (exact) mass is 292 g/mol. The van der Waals surface area contributed by atoms with Gasteiger partial charge in [-0.15, -0.1) is 0 Å². The van der Waals surface area contributed by atoms with Crippen LogP contribution in [0.1, 0.15) is 29.8 Å². The highest BCUT2D eigenvalue weighted by molar-refractivity contribution is 5.73. The maximum absolute atomic E-state index is 8.36. The quantitative estimate of drug-likeness (QED) is 0.310. The van der Waals surface area contributed by atoms with E-state index in [9.17, 15) is 0 Å². The number of oxime groups is 1. The lowest BCUT2D eigenvalue weighted by Crippen LogP contribution is -3.00. The zero-order valence-corrected chi connectivity index (χ0v) is 11.8. The Bertz CT molecular complexity index is 516. The van der Waals surface area contributed by atoms with Crippen molar-refractivity contribution in [2.75, 3.05) is 0 Å². The van der Waals surface area contributed by atoms with E-state index in [4.69, 9.17) is 5.21 Å². The first-order valence-electron chi connectivity index (χ1n) is 6.32. The molecule has 0 aliphatic rings. The Labute approximate surface area is 124 Å². The van der Waals surface area contributed by atoms with E-state index in [2.05, 4.69) is 26.2 Å². The van der Waals surface area contributed by atoms with Crippen LogP contribution in [0, 0.1) is 0 Å². The van der Waals surface area contributed by atoms with Gasteiger partial charge in [-0.3, -0.25) is 0 Å². The molecule has 106 valence electrons. The molecule has 0 spiro atoms. The molecular weight excluding hydrogens is 276 g/mol. The normalized spacial score (nSPS) is 10.4. The van der Waals surface area contributed by atoms with E-state index >= 15 is 0 Å². The zero-order valence-electron chi connectivity index (χ0n) is 11.0. The minimum Gasteiger partial charge on any atom is -1.00 e. The van der Waals surface area contributed by atoms with Crippen molar-refractivity contribution in [1.82, 2.24) is 9.97 Å². The average molecular weight is 293 g/mol. The van der Waals surface area contributed by atoms with E-state index in [-0.39, 0.29) is 12.4 Å². The van der Waals surface area contributed by atoms with Gasteiger partial charge < -0.3 is 17.6 Å². The van der Waals surface area contributed by atoms with Crippen LogP contribution in [-0.2, 0) is 12.8 Å². The number of unbranched alkanes of at least 4 members (excludes halogenated alkanes) is 1. The molecule has 0 bridgehead atoms. The van der Waals surface area contributed by atoms with Gasteiger partial charge in [0.15, 0.2) is 18.2 Å². The number of aromatic nitrogens is 3. The van der Waals surface area contributed by atoms with Crippen molar-refractivity contribution in [2.45, 2.75) is 25.7 Å². The Morgan fingerprint density at radius 1 is 1.15 bits per heavy atom. The summed E-state index contributed by atoms with van der Waals surface area (Å²) in [6.45, 7) is 0. The summed E-state index contributed by atoms with van der Waals surface area (Å²) in [5, 5.41) is 11.2. The third-order valence-electron chi connectivity index (χ3n) is 2.85. The third-order valence-corrected chi connectivity index (χ3v) is 2.85. The molecule has 2 rings (SSSR count). The second kappa shape index (κ2) is 8.98. The van der Waals surface area contributed by atoms with Gasteiger partial charge in [-0.2, -0.15) is 0 Å². The van der Waals surface area contributed by atoms with E-state index in [0.717, 1.165) is 31.2 Å². The summed E-state index contributed by atoms with van der Waals surface area (Å²) < 4.78 is 0. The van der Waals surface area contributed by atoms with Gasteiger partial charge in [-0.05, 0) is 37.3 Å². The lowest BCUT2D eigenvalue weighted by Gasteiger charge is -2.01. The number of pyridine rings is 1. The maximum atomic E-state index is 8.36. The van der Waals surface area contributed by atoms with Crippen LogP contribution in [0.4, 0.5) is 0 Å². The molecular formula is C14H17ClN4O. The number of halogens is 1. The van der Waals surface area contributed by atoms with E-state index < -0.39 is 0 Å². The second-order valence-electron chi connectivity index (χ2n) is 4.31. The van der Waals surface area contributed by atoms with Crippen molar-refractivity contribution in [3.05, 3.63) is 53.9 Å². The predicted octanol–water partition coefficient (Wildman–Crippen LogP) is -1.33. The van der Waals surface area contributed by atoms with E-state index in [1.54, 1.807) is 12.4 Å². The number of hydrogen-bond donors (Lipinski definition) is 1. The van der Waals surface area contributed by atoms with Gasteiger partial charge in [0.1, 0.15) is 6.21 Å². The molecule has 0 aromatic carbocycles. The van der Waals surface area contributed by atoms with Gasteiger partial charge in [0.05, 0.1) is 0 Å². The molecule has 0 atom stereocenters. The molecule has 0 radical (unpaired) electrons. The van der Waals surface area contributed by atoms with Crippen LogP contribution in [0.25, 0.3) is 0 Å². The fourth-order valence-electron chi connectivity index (χ4n) is 1.86. The highest BCUT2D eigenvalue weighted by Gasteiger charge is 1.98. The van der Waals surface area contributed by atoms with Crippen LogP contribution in [0.2, 0.25) is 0 Å². The molecule has 0 saturated carbocycles. The third kappa shape index (κ3) is 5.32. The number of nitrogens with one attached hydrogen (secondary N) is 1. The van der Waals surface area contributed by atoms with Crippen molar-refractivity contribution < 1.29 is 22.6 Å². The van der Waals surface area contributed by atoms with Crippen LogP contribution >= 0.6 is 0 Å². The van der Waals surface area contributed by atoms with Crippen LogP contribution in [0.5, 0.6) is 0 Å². The van der Waals surface area contributed by atoms with Gasteiger partial charge in [0, 0.05) is 24.0 Å². The van der Waals surface area contributed by atoms with Gasteiger partial charge >= 0.3 is 0 Å². The number of H-pyrrole nitrogens is 1. The van der Waals surface area contributed by atoms with Gasteiger partial charge in [-0.1, -0.05) is 5.16 Å². The van der Waals surface area contributed by atoms with Crippen LogP contribution in [0.15, 0.2) is 42.1 Å². The predicted molar refractivity (Wildman–Crippen MR) is 71.1 cm³/mol. The Hall–Kier alpha value is -2.01. The minimum atomic E-state index is 0. The number of aromatic amines is 1. The Balaban J connectivity index is 0.00000200. The highest BCUT2D eigenvalue weighted by atomic mass is 35.5. The summed E-state index contributed by atoms with van der Waals surface area (Å²) in [6, 6.07) is 4.15. The SMILES string of the molecule is O/N=C/c1ncc(CCCCc2ccc[nH+]c2)cn1.[Cl-]. The molecule has 5 nitrogen and oxygen atoms in total. The fourth-order valence-corrected chi connectivity index (χ4v) is 1.86. The molecule has 0 aliphatic heterocycles. The lowest BCUT2D eigenvalue weighted by atomic mass is 10.1. The van der Waals surface area contributed by atoms with Crippen LogP contribution < -0.4 is 17.4 Å². The Morgan fingerprint density at radius 3 is 2.45 bits per heavy atom. The largest absolute Gasteiger partial charge is 1.00 e. The topological polar surface area (TPSA) is 72.5 Å². The molecule has 0 aliphatic carbocycles. The molecule has 2 aromatic rings. The molecule has 0 fully saturated rings. The second-order valence-corrected chi connectivity index (χ2v) is 4.31. The zero-order chi connectivity index (χ0) is 13.3. The first-order chi connectivity index (χ1) is 9.38. The molecule has 6 heteroatoms. The van der Waals surface area contributed by atoms with Crippen molar-refractivity contribution in [1.29, 1.82) is 0 Å². The van der Waals surface area contributed by atoms with Gasteiger partial charge in [0.25, 0.3) is 0 Å². The Morgan fingerprint density at radius 2 is 1.85 bits per heavy atom.